The molecule has 1 heterocycles. The van der Waals surface area contributed by atoms with Gasteiger partial charge in [0.05, 0.1) is 10.3 Å². The Balaban J connectivity index is 1.82. The van der Waals surface area contributed by atoms with Gasteiger partial charge >= 0.3 is 0 Å². The van der Waals surface area contributed by atoms with Crippen LogP contribution in [0.3, 0.4) is 0 Å². The second kappa shape index (κ2) is 9.05. The lowest BCUT2D eigenvalue weighted by Gasteiger charge is -2.07. The minimum Gasteiger partial charge on any atom is -0.379 e. The van der Waals surface area contributed by atoms with Gasteiger partial charge in [0.15, 0.2) is 0 Å². The first kappa shape index (κ1) is 14.0. The van der Waals surface area contributed by atoms with Crippen LogP contribution in [0.2, 0.25) is 0 Å². The van der Waals surface area contributed by atoms with Crippen molar-refractivity contribution in [3.8, 4) is 0 Å². The highest BCUT2D eigenvalue weighted by Crippen LogP contribution is 2.22. The molecular weight excluding hydrogens is 238 g/mol. The lowest BCUT2D eigenvalue weighted by molar-refractivity contribution is 0.0772. The Bertz CT molecular complexity index is 250. The number of hydrogen-bond acceptors (Lipinski definition) is 4. The molecule has 0 atom stereocenters. The zero-order valence-electron chi connectivity index (χ0n) is 10.1. The third kappa shape index (κ3) is 7.28. The molecule has 0 spiro atoms. The van der Waals surface area contributed by atoms with Gasteiger partial charge in [-0.2, -0.15) is 0 Å². The van der Waals surface area contributed by atoms with E-state index in [0.29, 0.717) is 6.10 Å². The monoisotopic (exact) mass is 259 g/mol. The smallest absolute Gasteiger partial charge is 0.0598 e. The van der Waals surface area contributed by atoms with Crippen LogP contribution < -0.4 is 5.32 Å². The normalized spacial score (nSPS) is 11.2. The van der Waals surface area contributed by atoms with Crippen molar-refractivity contribution in [3.05, 3.63) is 17.5 Å². The van der Waals surface area contributed by atoms with Gasteiger partial charge in [-0.3, -0.25) is 0 Å². The van der Waals surface area contributed by atoms with Crippen LogP contribution in [0.4, 0.5) is 0 Å². The second-order valence-corrected chi connectivity index (χ2v) is 6.15. The molecule has 16 heavy (non-hydrogen) atoms. The van der Waals surface area contributed by atoms with Crippen molar-refractivity contribution >= 4 is 23.1 Å². The summed E-state index contributed by atoms with van der Waals surface area (Å²) in [6.07, 6.45) is 1.45. The number of rotatable bonds is 9. The van der Waals surface area contributed by atoms with Crippen LogP contribution in [0, 0.1) is 0 Å². The highest BCUT2D eigenvalue weighted by molar-refractivity contribution is 8.01. The van der Waals surface area contributed by atoms with Gasteiger partial charge in [0.1, 0.15) is 0 Å². The lowest BCUT2D eigenvalue weighted by atomic mass is 10.4. The third-order valence-electron chi connectivity index (χ3n) is 1.97. The van der Waals surface area contributed by atoms with Crippen LogP contribution in [0.25, 0.3) is 0 Å². The maximum atomic E-state index is 5.46. The number of thiophene rings is 1. The molecule has 0 fully saturated rings. The van der Waals surface area contributed by atoms with Crippen LogP contribution >= 0.6 is 23.1 Å². The zero-order chi connectivity index (χ0) is 11.6. The van der Waals surface area contributed by atoms with E-state index in [4.69, 9.17) is 4.74 Å². The Morgan fingerprint density at radius 1 is 1.44 bits per heavy atom. The Morgan fingerprint density at radius 3 is 3.00 bits per heavy atom. The average Bonchev–Trinajstić information content (AvgIpc) is 2.74. The molecule has 1 N–H and O–H groups in total. The molecule has 1 rings (SSSR count). The van der Waals surface area contributed by atoms with Crippen molar-refractivity contribution in [3.63, 3.8) is 0 Å². The summed E-state index contributed by atoms with van der Waals surface area (Å²) in [6, 6.07) is 4.27. The third-order valence-corrected chi connectivity index (χ3v) is 4.10. The highest BCUT2D eigenvalue weighted by atomic mass is 32.2. The number of nitrogens with one attached hydrogen (secondary N) is 1. The molecule has 1 aromatic heterocycles. The highest BCUT2D eigenvalue weighted by Gasteiger charge is 1.95. The Morgan fingerprint density at radius 2 is 2.31 bits per heavy atom. The fourth-order valence-electron chi connectivity index (χ4n) is 1.21. The van der Waals surface area contributed by atoms with E-state index in [1.165, 1.54) is 4.21 Å². The van der Waals surface area contributed by atoms with Crippen LogP contribution in [-0.2, 0) is 4.74 Å². The second-order valence-electron chi connectivity index (χ2n) is 3.80. The van der Waals surface area contributed by atoms with Gasteiger partial charge in [-0.15, -0.1) is 23.1 Å². The minimum atomic E-state index is 0.356. The predicted octanol–water partition coefficient (Wildman–Crippen LogP) is 3.24. The molecular formula is C12H21NOS2. The first-order chi connectivity index (χ1) is 7.79. The largest absolute Gasteiger partial charge is 0.379 e. The van der Waals surface area contributed by atoms with Gasteiger partial charge in [0.2, 0.25) is 0 Å². The van der Waals surface area contributed by atoms with Crippen LogP contribution in [0.15, 0.2) is 21.7 Å². The maximum absolute atomic E-state index is 5.46. The first-order valence-electron chi connectivity index (χ1n) is 5.77. The molecule has 4 heteroatoms. The molecule has 0 saturated heterocycles. The van der Waals surface area contributed by atoms with Crippen molar-refractivity contribution in [2.75, 3.05) is 25.4 Å². The molecule has 0 aliphatic rings. The van der Waals surface area contributed by atoms with Gasteiger partial charge in [0.25, 0.3) is 0 Å². The van der Waals surface area contributed by atoms with Crippen molar-refractivity contribution in [1.82, 2.24) is 5.32 Å². The molecule has 0 amide bonds. The summed E-state index contributed by atoms with van der Waals surface area (Å²) >= 11 is 3.73. The van der Waals surface area contributed by atoms with Crippen LogP contribution in [0.1, 0.15) is 20.3 Å². The molecule has 0 aromatic carbocycles. The fraction of sp³-hybridized carbons (Fsp3) is 0.667. The van der Waals surface area contributed by atoms with E-state index in [2.05, 4.69) is 36.7 Å². The molecule has 0 aliphatic heterocycles. The van der Waals surface area contributed by atoms with Gasteiger partial charge in [-0.25, -0.2) is 0 Å². The van der Waals surface area contributed by atoms with Gasteiger partial charge < -0.3 is 10.1 Å². The standard InChI is InChI=1S/C12H21NOS2/c1-11(2)14-8-4-6-13-7-10-16-12-5-3-9-15-12/h3,5,9,11,13H,4,6-8,10H2,1-2H3. The van der Waals surface area contributed by atoms with Crippen LogP contribution in [-0.4, -0.2) is 31.6 Å². The number of ether oxygens (including phenoxy) is 1. The summed E-state index contributed by atoms with van der Waals surface area (Å²) in [5, 5.41) is 5.55. The van der Waals surface area contributed by atoms with Crippen molar-refractivity contribution < 1.29 is 4.74 Å². The SMILES string of the molecule is CC(C)OCCCNCCSc1cccs1. The van der Waals surface area contributed by atoms with E-state index in [1.54, 1.807) is 0 Å². The summed E-state index contributed by atoms with van der Waals surface area (Å²) < 4.78 is 6.87. The van der Waals surface area contributed by atoms with Crippen LogP contribution in [0.5, 0.6) is 0 Å². The van der Waals surface area contributed by atoms with Gasteiger partial charge in [-0.1, -0.05) is 6.07 Å². The minimum absolute atomic E-state index is 0.356. The van der Waals surface area contributed by atoms with Gasteiger partial charge in [0, 0.05) is 18.9 Å². The van der Waals surface area contributed by atoms with E-state index in [0.717, 1.165) is 31.9 Å². The Kier molecular flexibility index (Phi) is 7.93. The summed E-state index contributed by atoms with van der Waals surface area (Å²) in [6.45, 7) is 7.14. The summed E-state index contributed by atoms with van der Waals surface area (Å²) in [5.74, 6) is 1.14. The quantitative estimate of drug-likeness (QED) is 0.543. The van der Waals surface area contributed by atoms with E-state index < -0.39 is 0 Å². The molecule has 0 radical (unpaired) electrons. The predicted molar refractivity (Wildman–Crippen MR) is 73.6 cm³/mol. The summed E-state index contributed by atoms with van der Waals surface area (Å²) in [5.41, 5.74) is 0. The van der Waals surface area contributed by atoms with Crippen molar-refractivity contribution in [2.24, 2.45) is 0 Å². The van der Waals surface area contributed by atoms with E-state index in [-0.39, 0.29) is 0 Å². The first-order valence-corrected chi connectivity index (χ1v) is 7.64. The maximum Gasteiger partial charge on any atom is 0.0598 e. The molecule has 2 nitrogen and oxygen atoms in total. The topological polar surface area (TPSA) is 21.3 Å². The van der Waals surface area contributed by atoms with E-state index in [1.807, 2.05) is 23.1 Å². The average molecular weight is 259 g/mol. The van der Waals surface area contributed by atoms with E-state index in [9.17, 15) is 0 Å². The fourth-order valence-corrected chi connectivity index (χ4v) is 2.97. The molecule has 92 valence electrons. The van der Waals surface area contributed by atoms with E-state index >= 15 is 0 Å². The van der Waals surface area contributed by atoms with Crippen molar-refractivity contribution in [1.29, 1.82) is 0 Å². The Hall–Kier alpha value is -0.0300. The molecule has 0 bridgehead atoms. The zero-order valence-corrected chi connectivity index (χ0v) is 11.7. The van der Waals surface area contributed by atoms with Gasteiger partial charge in [-0.05, 0) is 38.3 Å². The van der Waals surface area contributed by atoms with Crippen molar-refractivity contribution in [2.45, 2.75) is 30.6 Å². The Labute approximate surface area is 107 Å². The molecule has 0 unspecified atom stereocenters. The number of thioether (sulfide) groups is 1. The lowest BCUT2D eigenvalue weighted by Crippen LogP contribution is -2.20. The molecule has 0 aliphatic carbocycles. The molecule has 0 saturated carbocycles. The number of hydrogen-bond donors (Lipinski definition) is 1. The molecule has 1 aromatic rings. The summed E-state index contributed by atoms with van der Waals surface area (Å²) in [4.78, 5) is 0. The summed E-state index contributed by atoms with van der Waals surface area (Å²) in [7, 11) is 0.